The van der Waals surface area contributed by atoms with Crippen molar-refractivity contribution in [1.82, 2.24) is 4.90 Å². The third-order valence-electron chi connectivity index (χ3n) is 2.48. The van der Waals surface area contributed by atoms with Crippen LogP contribution in [-0.4, -0.2) is 47.5 Å². The zero-order valence-corrected chi connectivity index (χ0v) is 8.32. The first-order valence-corrected chi connectivity index (χ1v) is 4.57. The molecule has 0 amide bonds. The Morgan fingerprint density at radius 3 is 1.58 bits per heavy atom. The Kier molecular flexibility index (Phi) is 6.34. The first-order valence-electron chi connectivity index (χ1n) is 4.57. The molecule has 2 N–H and O–H groups in total. The molecule has 0 aromatic rings. The van der Waals surface area contributed by atoms with E-state index in [1.165, 1.54) is 0 Å². The molecular weight excluding hydrogens is 154 g/mol. The maximum atomic E-state index is 8.72. The fourth-order valence-electron chi connectivity index (χ4n) is 1.22. The standard InChI is InChI=1S/C9H21NO2/c1-8(4-6-11)10(3)9(2)5-7-12/h8-9,11-12H,4-7H2,1-3H3. The second-order valence-corrected chi connectivity index (χ2v) is 3.39. The van der Waals surface area contributed by atoms with Gasteiger partial charge in [-0.2, -0.15) is 0 Å². The molecule has 3 nitrogen and oxygen atoms in total. The number of rotatable bonds is 6. The summed E-state index contributed by atoms with van der Waals surface area (Å²) in [6.45, 7) is 4.64. The van der Waals surface area contributed by atoms with Crippen molar-refractivity contribution in [2.75, 3.05) is 20.3 Å². The number of aliphatic hydroxyl groups is 2. The van der Waals surface area contributed by atoms with Crippen molar-refractivity contribution < 1.29 is 10.2 Å². The molecule has 0 aliphatic carbocycles. The number of hydrogen-bond donors (Lipinski definition) is 2. The van der Waals surface area contributed by atoms with E-state index in [0.29, 0.717) is 12.1 Å². The van der Waals surface area contributed by atoms with E-state index in [4.69, 9.17) is 10.2 Å². The lowest BCUT2D eigenvalue weighted by Gasteiger charge is -2.30. The topological polar surface area (TPSA) is 43.7 Å². The highest BCUT2D eigenvalue weighted by molar-refractivity contribution is 4.69. The second kappa shape index (κ2) is 6.40. The Balaban J connectivity index is 3.73. The summed E-state index contributed by atoms with van der Waals surface area (Å²) >= 11 is 0. The van der Waals surface area contributed by atoms with Crippen LogP contribution in [0.2, 0.25) is 0 Å². The molecule has 0 aliphatic heterocycles. The van der Waals surface area contributed by atoms with Gasteiger partial charge in [0.2, 0.25) is 0 Å². The van der Waals surface area contributed by atoms with Gasteiger partial charge in [0.25, 0.3) is 0 Å². The third kappa shape index (κ3) is 4.04. The van der Waals surface area contributed by atoms with Gasteiger partial charge in [-0.25, -0.2) is 0 Å². The van der Waals surface area contributed by atoms with Crippen LogP contribution in [0, 0.1) is 0 Å². The van der Waals surface area contributed by atoms with Crippen LogP contribution in [0.3, 0.4) is 0 Å². The molecule has 0 bridgehead atoms. The van der Waals surface area contributed by atoms with Crippen molar-refractivity contribution in [3.05, 3.63) is 0 Å². The molecule has 2 atom stereocenters. The Morgan fingerprint density at radius 1 is 1.00 bits per heavy atom. The average Bonchev–Trinajstić information content (AvgIpc) is 2.04. The molecule has 0 aromatic carbocycles. The van der Waals surface area contributed by atoms with Crippen molar-refractivity contribution in [3.63, 3.8) is 0 Å². The summed E-state index contributed by atoms with van der Waals surface area (Å²) in [6.07, 6.45) is 1.60. The summed E-state index contributed by atoms with van der Waals surface area (Å²) in [5, 5.41) is 17.4. The van der Waals surface area contributed by atoms with E-state index in [2.05, 4.69) is 18.7 Å². The fourth-order valence-corrected chi connectivity index (χ4v) is 1.22. The van der Waals surface area contributed by atoms with Crippen molar-refractivity contribution in [3.8, 4) is 0 Å². The molecule has 0 spiro atoms. The second-order valence-electron chi connectivity index (χ2n) is 3.39. The normalized spacial score (nSPS) is 16.5. The van der Waals surface area contributed by atoms with Gasteiger partial charge in [-0.3, -0.25) is 0 Å². The van der Waals surface area contributed by atoms with Gasteiger partial charge in [0.15, 0.2) is 0 Å². The molecule has 0 saturated heterocycles. The van der Waals surface area contributed by atoms with Crippen molar-refractivity contribution >= 4 is 0 Å². The number of nitrogens with zero attached hydrogens (tertiary/aromatic N) is 1. The highest BCUT2D eigenvalue weighted by atomic mass is 16.3. The number of aliphatic hydroxyl groups excluding tert-OH is 2. The molecule has 0 rings (SSSR count). The van der Waals surface area contributed by atoms with E-state index in [1.54, 1.807) is 0 Å². The summed E-state index contributed by atoms with van der Waals surface area (Å²) in [5.41, 5.74) is 0. The zero-order chi connectivity index (χ0) is 9.56. The smallest absolute Gasteiger partial charge is 0.0445 e. The van der Waals surface area contributed by atoms with Crippen LogP contribution in [-0.2, 0) is 0 Å². The quantitative estimate of drug-likeness (QED) is 0.616. The lowest BCUT2D eigenvalue weighted by molar-refractivity contribution is 0.136. The minimum absolute atomic E-state index is 0.233. The first-order chi connectivity index (χ1) is 5.63. The van der Waals surface area contributed by atoms with Gasteiger partial charge >= 0.3 is 0 Å². The Labute approximate surface area is 75.0 Å². The summed E-state index contributed by atoms with van der Waals surface area (Å²) in [6, 6.07) is 0.771. The lowest BCUT2D eigenvalue weighted by Crippen LogP contribution is -2.37. The van der Waals surface area contributed by atoms with E-state index >= 15 is 0 Å². The van der Waals surface area contributed by atoms with Gasteiger partial charge in [0.05, 0.1) is 0 Å². The van der Waals surface area contributed by atoms with E-state index in [9.17, 15) is 0 Å². The van der Waals surface area contributed by atoms with Crippen LogP contribution in [0.4, 0.5) is 0 Å². The van der Waals surface area contributed by atoms with Gasteiger partial charge < -0.3 is 15.1 Å². The van der Waals surface area contributed by atoms with Gasteiger partial charge in [-0.15, -0.1) is 0 Å². The van der Waals surface area contributed by atoms with Crippen molar-refractivity contribution in [1.29, 1.82) is 0 Å². The SMILES string of the molecule is CC(CCO)N(C)C(C)CCO. The summed E-state index contributed by atoms with van der Waals surface area (Å²) in [4.78, 5) is 2.19. The molecule has 2 unspecified atom stereocenters. The van der Waals surface area contributed by atoms with Crippen LogP contribution in [0.5, 0.6) is 0 Å². The molecule has 74 valence electrons. The van der Waals surface area contributed by atoms with Gasteiger partial charge in [0.1, 0.15) is 0 Å². The van der Waals surface area contributed by atoms with Crippen LogP contribution in [0.1, 0.15) is 26.7 Å². The largest absolute Gasteiger partial charge is 0.396 e. The molecule has 0 aromatic heterocycles. The Hall–Kier alpha value is -0.120. The van der Waals surface area contributed by atoms with Crippen LogP contribution in [0.15, 0.2) is 0 Å². The minimum atomic E-state index is 0.233. The van der Waals surface area contributed by atoms with E-state index in [1.807, 2.05) is 7.05 Å². The van der Waals surface area contributed by atoms with Gasteiger partial charge in [0, 0.05) is 25.3 Å². The van der Waals surface area contributed by atoms with E-state index in [0.717, 1.165) is 12.8 Å². The fraction of sp³-hybridized carbons (Fsp3) is 1.00. The lowest BCUT2D eigenvalue weighted by atomic mass is 10.1. The Morgan fingerprint density at radius 2 is 1.33 bits per heavy atom. The molecule has 12 heavy (non-hydrogen) atoms. The molecular formula is C9H21NO2. The molecule has 0 heterocycles. The van der Waals surface area contributed by atoms with E-state index < -0.39 is 0 Å². The van der Waals surface area contributed by atoms with Crippen molar-refractivity contribution in [2.45, 2.75) is 38.8 Å². The first kappa shape index (κ1) is 11.9. The molecule has 0 fully saturated rings. The van der Waals surface area contributed by atoms with E-state index in [-0.39, 0.29) is 13.2 Å². The zero-order valence-electron chi connectivity index (χ0n) is 8.32. The molecule has 0 saturated carbocycles. The van der Waals surface area contributed by atoms with Crippen molar-refractivity contribution in [2.24, 2.45) is 0 Å². The highest BCUT2D eigenvalue weighted by Crippen LogP contribution is 2.07. The summed E-state index contributed by atoms with van der Waals surface area (Å²) in [7, 11) is 2.03. The van der Waals surface area contributed by atoms with Crippen LogP contribution >= 0.6 is 0 Å². The summed E-state index contributed by atoms with van der Waals surface area (Å²) < 4.78 is 0. The molecule has 0 radical (unpaired) electrons. The van der Waals surface area contributed by atoms with Crippen LogP contribution in [0.25, 0.3) is 0 Å². The van der Waals surface area contributed by atoms with Crippen LogP contribution < -0.4 is 0 Å². The monoisotopic (exact) mass is 175 g/mol. The minimum Gasteiger partial charge on any atom is -0.396 e. The molecule has 3 heteroatoms. The van der Waals surface area contributed by atoms with Gasteiger partial charge in [-0.1, -0.05) is 0 Å². The predicted octanol–water partition coefficient (Wildman–Crippen LogP) is 0.460. The van der Waals surface area contributed by atoms with Gasteiger partial charge in [-0.05, 0) is 33.7 Å². The maximum Gasteiger partial charge on any atom is 0.0445 e. The Bertz CT molecular complexity index is 96.7. The predicted molar refractivity (Wildman–Crippen MR) is 50.1 cm³/mol. The number of hydrogen-bond acceptors (Lipinski definition) is 3. The summed E-state index contributed by atoms with van der Waals surface area (Å²) in [5.74, 6) is 0. The average molecular weight is 175 g/mol. The highest BCUT2D eigenvalue weighted by Gasteiger charge is 2.14. The third-order valence-corrected chi connectivity index (χ3v) is 2.48. The maximum absolute atomic E-state index is 8.72. The molecule has 0 aliphatic rings.